The molecule has 19 heteroatoms. The number of benzene rings is 2. The highest BCUT2D eigenvalue weighted by Gasteiger charge is 2.25. The maximum absolute atomic E-state index is 10.7. The van der Waals surface area contributed by atoms with E-state index in [2.05, 4.69) is 26.0 Å². The van der Waals surface area contributed by atoms with Gasteiger partial charge in [-0.25, -0.2) is 0 Å². The van der Waals surface area contributed by atoms with Crippen molar-refractivity contribution in [1.29, 1.82) is 0 Å². The molecule has 0 saturated carbocycles. The summed E-state index contributed by atoms with van der Waals surface area (Å²) in [7, 11) is 0. The molecule has 0 aliphatic carbocycles. The molecule has 0 fully saturated rings. The van der Waals surface area contributed by atoms with Gasteiger partial charge < -0.3 is 91.5 Å². The van der Waals surface area contributed by atoms with Crippen LogP contribution in [0, 0.1) is 0 Å². The summed E-state index contributed by atoms with van der Waals surface area (Å²) in [4.78, 5) is 0. The minimum Gasteiger partial charge on any atom is -0.457 e. The second-order valence-corrected chi connectivity index (χ2v) is 15.8. The number of hydrogen-bond donors (Lipinski definition) is 4. The molecule has 0 radical (unpaired) electrons. The molecule has 0 heterocycles. The van der Waals surface area contributed by atoms with Crippen LogP contribution in [0.25, 0.3) is 0 Å². The van der Waals surface area contributed by atoms with Gasteiger partial charge in [0, 0.05) is 11.1 Å². The van der Waals surface area contributed by atoms with Gasteiger partial charge in [0.15, 0.2) is 0 Å². The fourth-order valence-electron chi connectivity index (χ4n) is 6.86. The number of aryl methyl sites for hydroxylation is 2. The van der Waals surface area contributed by atoms with Crippen molar-refractivity contribution in [1.82, 2.24) is 0 Å². The van der Waals surface area contributed by atoms with E-state index in [9.17, 15) is 10.2 Å². The molecule has 0 aliphatic rings. The molecule has 19 nitrogen and oxygen atoms in total. The molecule has 2 aromatic rings. The van der Waals surface area contributed by atoms with Crippen molar-refractivity contribution in [3.63, 3.8) is 0 Å². The maximum Gasteiger partial charge on any atom is 0.133 e. The van der Waals surface area contributed by atoms with Gasteiger partial charge >= 0.3 is 0 Å². The van der Waals surface area contributed by atoms with E-state index in [-0.39, 0.29) is 39.6 Å². The molecular weight excluding hydrogens is 929 g/mol. The van der Waals surface area contributed by atoms with Gasteiger partial charge in [0.2, 0.25) is 0 Å². The molecule has 2 rings (SSSR count). The molecule has 2 atom stereocenters. The number of aliphatic hydroxyl groups is 4. The van der Waals surface area contributed by atoms with Gasteiger partial charge in [-0.2, -0.15) is 0 Å². The Kier molecular flexibility index (Phi) is 44.1. The van der Waals surface area contributed by atoms with Crippen LogP contribution in [0.5, 0.6) is 11.5 Å². The van der Waals surface area contributed by atoms with Crippen LogP contribution >= 0.6 is 0 Å². The summed E-state index contributed by atoms with van der Waals surface area (Å²) in [5.74, 6) is 1.14. The first-order valence-corrected chi connectivity index (χ1v) is 25.7. The third-order valence-corrected chi connectivity index (χ3v) is 10.4. The first-order valence-electron chi connectivity index (χ1n) is 25.7. The van der Waals surface area contributed by atoms with E-state index in [4.69, 9.17) is 81.3 Å². The van der Waals surface area contributed by atoms with Gasteiger partial charge in [-0.1, -0.05) is 51.0 Å². The minimum absolute atomic E-state index is 0.00435. The minimum atomic E-state index is -0.666. The SMILES string of the molecule is CCCCc1cccc(Oc2cccc(CCCC)c2C(CO)OCCOCCOCCOCCOCCOCCOCCO)c1C(CO)OCCOCCOCCOCCOCCOCCOCCO. The first kappa shape index (κ1) is 64.6. The number of aliphatic hydroxyl groups excluding tert-OH is 4. The first-order chi connectivity index (χ1) is 35.1. The largest absolute Gasteiger partial charge is 0.457 e. The quantitative estimate of drug-likeness (QED) is 0.0673. The molecular formula is C52H90O19. The zero-order valence-electron chi connectivity index (χ0n) is 43.0. The highest BCUT2D eigenvalue weighted by atomic mass is 16.6. The maximum atomic E-state index is 10.7. The Balaban J connectivity index is 1.81. The lowest BCUT2D eigenvalue weighted by Gasteiger charge is -2.26. The average Bonchev–Trinajstić information content (AvgIpc) is 3.39. The van der Waals surface area contributed by atoms with Crippen LogP contribution in [0.15, 0.2) is 36.4 Å². The molecule has 0 aliphatic heterocycles. The van der Waals surface area contributed by atoms with Crippen molar-refractivity contribution in [2.75, 3.05) is 198 Å². The molecule has 2 aromatic carbocycles. The van der Waals surface area contributed by atoms with E-state index in [1.807, 2.05) is 24.3 Å². The third kappa shape index (κ3) is 33.1. The van der Waals surface area contributed by atoms with Crippen LogP contribution in [-0.4, -0.2) is 219 Å². The lowest BCUT2D eigenvalue weighted by Crippen LogP contribution is -2.18. The second-order valence-electron chi connectivity index (χ2n) is 15.8. The van der Waals surface area contributed by atoms with Gasteiger partial charge in [0.05, 0.1) is 198 Å². The summed E-state index contributed by atoms with van der Waals surface area (Å²) in [6, 6.07) is 11.8. The monoisotopic (exact) mass is 1020 g/mol. The fraction of sp³-hybridized carbons (Fsp3) is 0.769. The molecule has 4 N–H and O–H groups in total. The Morgan fingerprint density at radius 3 is 0.831 bits per heavy atom. The predicted molar refractivity (Wildman–Crippen MR) is 266 cm³/mol. The van der Waals surface area contributed by atoms with Gasteiger partial charge in [-0.15, -0.1) is 0 Å². The highest BCUT2D eigenvalue weighted by Crippen LogP contribution is 2.39. The van der Waals surface area contributed by atoms with Gasteiger partial charge in [0.25, 0.3) is 0 Å². The number of unbranched alkanes of at least 4 members (excludes halogenated alkanes) is 2. The third-order valence-electron chi connectivity index (χ3n) is 10.4. The summed E-state index contributed by atoms with van der Waals surface area (Å²) in [6.07, 6.45) is 4.14. The summed E-state index contributed by atoms with van der Waals surface area (Å²) >= 11 is 0. The molecule has 0 saturated heterocycles. The van der Waals surface area contributed by atoms with Gasteiger partial charge in [0.1, 0.15) is 23.7 Å². The molecule has 0 aromatic heterocycles. The van der Waals surface area contributed by atoms with Crippen molar-refractivity contribution in [3.8, 4) is 11.5 Å². The lowest BCUT2D eigenvalue weighted by molar-refractivity contribution is -0.0380. The van der Waals surface area contributed by atoms with Crippen LogP contribution < -0.4 is 4.74 Å². The molecule has 0 bridgehead atoms. The zero-order chi connectivity index (χ0) is 50.9. The molecule has 71 heavy (non-hydrogen) atoms. The summed E-state index contributed by atoms with van der Waals surface area (Å²) in [6.45, 7) is 14.4. The Bertz CT molecular complexity index is 1350. The fourth-order valence-corrected chi connectivity index (χ4v) is 6.86. The van der Waals surface area contributed by atoms with E-state index in [1.54, 1.807) is 0 Å². The lowest BCUT2D eigenvalue weighted by atomic mass is 9.95. The summed E-state index contributed by atoms with van der Waals surface area (Å²) in [5.41, 5.74) is 3.63. The Labute approximate surface area is 423 Å². The Morgan fingerprint density at radius 2 is 0.592 bits per heavy atom. The van der Waals surface area contributed by atoms with Gasteiger partial charge in [-0.05, 0) is 48.9 Å². The Hall–Kier alpha value is -2.48. The van der Waals surface area contributed by atoms with Gasteiger partial charge in [-0.3, -0.25) is 0 Å². The predicted octanol–water partition coefficient (Wildman–Crippen LogP) is 4.45. The van der Waals surface area contributed by atoms with E-state index >= 15 is 0 Å². The number of hydrogen-bond acceptors (Lipinski definition) is 19. The van der Waals surface area contributed by atoms with Crippen molar-refractivity contribution in [2.24, 2.45) is 0 Å². The van der Waals surface area contributed by atoms with Crippen LogP contribution in [0.1, 0.15) is 74.0 Å². The second kappa shape index (κ2) is 48.5. The highest BCUT2D eigenvalue weighted by molar-refractivity contribution is 5.49. The summed E-state index contributed by atoms with van der Waals surface area (Å²) < 4.78 is 85.3. The van der Waals surface area contributed by atoms with E-state index in [0.717, 1.165) is 60.8 Å². The van der Waals surface area contributed by atoms with Crippen molar-refractivity contribution >= 4 is 0 Å². The van der Waals surface area contributed by atoms with E-state index in [1.165, 1.54) is 0 Å². The number of rotatable bonds is 54. The molecule has 2 unspecified atom stereocenters. The Morgan fingerprint density at radius 1 is 0.338 bits per heavy atom. The zero-order valence-corrected chi connectivity index (χ0v) is 43.0. The molecule has 0 amide bonds. The summed E-state index contributed by atoms with van der Waals surface area (Å²) in [5, 5.41) is 38.8. The molecule has 0 spiro atoms. The normalized spacial score (nSPS) is 12.5. The van der Waals surface area contributed by atoms with Crippen molar-refractivity contribution in [3.05, 3.63) is 58.7 Å². The number of ether oxygens (including phenoxy) is 15. The van der Waals surface area contributed by atoms with Crippen LogP contribution in [0.3, 0.4) is 0 Å². The molecule has 412 valence electrons. The average molecular weight is 1020 g/mol. The standard InChI is InChI=1S/C52H90O19/c1-3-5-9-45-11-7-13-47(51(45)49(43-55)69-41-39-67-37-35-65-33-31-63-29-27-61-25-23-59-21-19-57-17-15-53)71-48-14-8-12-46(10-6-4-2)52(48)50(44-56)70-42-40-68-38-36-66-34-32-64-30-28-62-26-24-60-22-20-58-18-16-54/h7-8,11-14,49-50,53-56H,3-6,9-10,15-44H2,1-2H3. The smallest absolute Gasteiger partial charge is 0.133 e. The van der Waals surface area contributed by atoms with Crippen LogP contribution in [0.2, 0.25) is 0 Å². The van der Waals surface area contributed by atoms with Crippen LogP contribution in [-0.2, 0) is 79.2 Å². The van der Waals surface area contributed by atoms with E-state index < -0.39 is 12.2 Å². The van der Waals surface area contributed by atoms with Crippen molar-refractivity contribution < 1.29 is 91.5 Å². The van der Waals surface area contributed by atoms with Crippen molar-refractivity contribution in [2.45, 2.75) is 64.6 Å². The van der Waals surface area contributed by atoms with Crippen LogP contribution in [0.4, 0.5) is 0 Å². The topological polar surface area (TPSA) is 219 Å². The van der Waals surface area contributed by atoms with E-state index in [0.29, 0.717) is 170 Å².